The zero-order valence-corrected chi connectivity index (χ0v) is 16.2. The van der Waals surface area contributed by atoms with Gasteiger partial charge in [-0.2, -0.15) is 5.10 Å². The lowest BCUT2D eigenvalue weighted by atomic mass is 9.92. The number of amides is 1. The number of allylic oxidation sites excluding steroid dienone is 1. The van der Waals surface area contributed by atoms with Crippen LogP contribution in [-0.4, -0.2) is 32.0 Å². The van der Waals surface area contributed by atoms with Gasteiger partial charge >= 0.3 is 11.8 Å². The Labute approximate surface area is 155 Å². The minimum Gasteiger partial charge on any atom is -0.445 e. The molecule has 8 nitrogen and oxygen atoms in total. The molecule has 136 valence electrons. The molecule has 0 spiro atoms. The third kappa shape index (κ3) is 4.75. The summed E-state index contributed by atoms with van der Waals surface area (Å²) in [6.45, 7) is 4.47. The second kappa shape index (κ2) is 7.48. The SMILES string of the molecule is CC(C)(C)/C(F)=C(\COC(N)=O)Cn1ncn(-c2ncc(Br)s2)c1=O. The summed E-state index contributed by atoms with van der Waals surface area (Å²) in [6.07, 6.45) is 1.84. The maximum Gasteiger partial charge on any atom is 0.404 e. The molecule has 2 aromatic rings. The number of thiazole rings is 1. The normalized spacial score (nSPS) is 12.8. The highest BCUT2D eigenvalue weighted by Crippen LogP contribution is 2.29. The van der Waals surface area contributed by atoms with E-state index in [0.29, 0.717) is 5.13 Å². The Morgan fingerprint density at radius 3 is 2.68 bits per heavy atom. The van der Waals surface area contributed by atoms with Crippen LogP contribution in [0.2, 0.25) is 0 Å². The van der Waals surface area contributed by atoms with E-state index in [1.54, 1.807) is 27.0 Å². The van der Waals surface area contributed by atoms with Crippen LogP contribution in [0.5, 0.6) is 0 Å². The molecule has 11 heteroatoms. The van der Waals surface area contributed by atoms with Gasteiger partial charge < -0.3 is 10.5 Å². The minimum atomic E-state index is -1.02. The summed E-state index contributed by atoms with van der Waals surface area (Å²) in [5, 5.41) is 4.41. The lowest BCUT2D eigenvalue weighted by Gasteiger charge is -2.20. The molecule has 0 bridgehead atoms. The predicted octanol–water partition coefficient (Wildman–Crippen LogP) is 2.62. The van der Waals surface area contributed by atoms with Crippen molar-refractivity contribution in [2.75, 3.05) is 6.61 Å². The molecule has 0 aliphatic heterocycles. The van der Waals surface area contributed by atoms with E-state index in [1.165, 1.54) is 22.2 Å². The van der Waals surface area contributed by atoms with Gasteiger partial charge in [-0.25, -0.2) is 28.2 Å². The van der Waals surface area contributed by atoms with E-state index in [2.05, 4.69) is 26.0 Å². The lowest BCUT2D eigenvalue weighted by Crippen LogP contribution is -2.27. The molecule has 25 heavy (non-hydrogen) atoms. The third-order valence-electron chi connectivity index (χ3n) is 3.10. The van der Waals surface area contributed by atoms with E-state index in [-0.39, 0.29) is 18.7 Å². The standard InChI is InChI=1S/C14H17BrFN5O3S/c1-14(2,3)10(16)8(6-24-11(17)22)5-21-13(23)20(7-19-21)12-18-4-9(15)25-12/h4,7H,5-6H2,1-3H3,(H2,17,22)/b10-8+. The molecule has 0 aromatic carbocycles. The largest absolute Gasteiger partial charge is 0.445 e. The van der Waals surface area contributed by atoms with Gasteiger partial charge in [0.25, 0.3) is 0 Å². The monoisotopic (exact) mass is 433 g/mol. The molecule has 2 aromatic heterocycles. The van der Waals surface area contributed by atoms with Crippen molar-refractivity contribution >= 4 is 33.4 Å². The van der Waals surface area contributed by atoms with Crippen LogP contribution >= 0.6 is 27.3 Å². The molecule has 0 aliphatic rings. The molecule has 2 N–H and O–H groups in total. The number of carbonyl (C=O) groups excluding carboxylic acids is 1. The maximum atomic E-state index is 14.7. The van der Waals surface area contributed by atoms with Crippen LogP contribution in [0.3, 0.4) is 0 Å². The first-order chi connectivity index (χ1) is 11.6. The van der Waals surface area contributed by atoms with E-state index in [9.17, 15) is 14.0 Å². The van der Waals surface area contributed by atoms with Gasteiger partial charge in [-0.05, 0) is 15.9 Å². The van der Waals surface area contributed by atoms with Crippen LogP contribution in [0.4, 0.5) is 9.18 Å². The number of rotatable bonds is 5. The van der Waals surface area contributed by atoms with E-state index in [0.717, 1.165) is 8.47 Å². The first-order valence-corrected chi connectivity index (χ1v) is 8.77. The molecule has 0 aliphatic carbocycles. The topological polar surface area (TPSA) is 105 Å². The molecular formula is C14H17BrFN5O3S. The lowest BCUT2D eigenvalue weighted by molar-refractivity contribution is 0.163. The fourth-order valence-corrected chi connectivity index (χ4v) is 3.13. The second-order valence-corrected chi connectivity index (χ2v) is 8.55. The molecule has 0 saturated heterocycles. The van der Waals surface area contributed by atoms with Crippen molar-refractivity contribution in [3.63, 3.8) is 0 Å². The van der Waals surface area contributed by atoms with Crippen LogP contribution < -0.4 is 11.4 Å². The van der Waals surface area contributed by atoms with Gasteiger partial charge in [-0.1, -0.05) is 32.1 Å². The number of ether oxygens (including phenoxy) is 1. The highest BCUT2D eigenvalue weighted by atomic mass is 79.9. The molecule has 0 radical (unpaired) electrons. The van der Waals surface area contributed by atoms with Crippen molar-refractivity contribution in [1.29, 1.82) is 0 Å². The van der Waals surface area contributed by atoms with Crippen molar-refractivity contribution in [2.24, 2.45) is 11.1 Å². The van der Waals surface area contributed by atoms with Crippen molar-refractivity contribution in [1.82, 2.24) is 19.3 Å². The maximum absolute atomic E-state index is 14.7. The Morgan fingerprint density at radius 2 is 2.16 bits per heavy atom. The number of nitrogens with zero attached hydrogens (tertiary/aromatic N) is 4. The summed E-state index contributed by atoms with van der Waals surface area (Å²) in [6, 6.07) is 0. The number of nitrogens with two attached hydrogens (primary N) is 1. The van der Waals surface area contributed by atoms with Gasteiger partial charge in [0.05, 0.1) is 16.5 Å². The first kappa shape index (κ1) is 19.3. The van der Waals surface area contributed by atoms with Crippen molar-refractivity contribution in [2.45, 2.75) is 27.3 Å². The smallest absolute Gasteiger partial charge is 0.404 e. The second-order valence-electron chi connectivity index (χ2n) is 6.16. The highest BCUT2D eigenvalue weighted by Gasteiger charge is 2.23. The summed E-state index contributed by atoms with van der Waals surface area (Å²) in [5.41, 5.74) is 3.76. The Balaban J connectivity index is 2.35. The summed E-state index contributed by atoms with van der Waals surface area (Å²) in [4.78, 5) is 27.4. The number of hydrogen-bond acceptors (Lipinski definition) is 6. The molecule has 2 rings (SSSR count). The summed E-state index contributed by atoms with van der Waals surface area (Å²) < 4.78 is 22.4. The zero-order chi connectivity index (χ0) is 18.8. The van der Waals surface area contributed by atoms with Crippen LogP contribution in [0.25, 0.3) is 5.13 Å². The van der Waals surface area contributed by atoms with Crippen LogP contribution in [0, 0.1) is 5.41 Å². The average Bonchev–Trinajstić information content (AvgIpc) is 3.08. The van der Waals surface area contributed by atoms with Gasteiger partial charge in [0.2, 0.25) is 0 Å². The van der Waals surface area contributed by atoms with Crippen molar-refractivity contribution in [3.8, 4) is 5.13 Å². The van der Waals surface area contributed by atoms with Crippen LogP contribution in [-0.2, 0) is 11.3 Å². The summed E-state index contributed by atoms with van der Waals surface area (Å²) >= 11 is 4.53. The Bertz CT molecular complexity index is 864. The molecule has 0 fully saturated rings. The third-order valence-corrected chi connectivity index (χ3v) is 4.58. The molecule has 0 atom stereocenters. The number of hydrogen-bond donors (Lipinski definition) is 1. The average molecular weight is 434 g/mol. The Hall–Kier alpha value is -2.01. The number of aromatic nitrogens is 4. The predicted molar refractivity (Wildman–Crippen MR) is 94.3 cm³/mol. The van der Waals surface area contributed by atoms with Gasteiger partial charge in [-0.3, -0.25) is 0 Å². The van der Waals surface area contributed by atoms with E-state index >= 15 is 0 Å². The van der Waals surface area contributed by atoms with Crippen molar-refractivity contribution in [3.05, 3.63) is 38.2 Å². The fourth-order valence-electron chi connectivity index (χ4n) is 1.98. The number of halogens is 2. The van der Waals surface area contributed by atoms with Gasteiger partial charge in [0.1, 0.15) is 18.8 Å². The summed E-state index contributed by atoms with van der Waals surface area (Å²) in [7, 11) is 0. The summed E-state index contributed by atoms with van der Waals surface area (Å²) in [5.74, 6) is -0.493. The van der Waals surface area contributed by atoms with Crippen LogP contribution in [0.15, 0.2) is 32.5 Å². The fraction of sp³-hybridized carbons (Fsp3) is 0.429. The number of primary amides is 1. The molecule has 0 unspecified atom stereocenters. The van der Waals surface area contributed by atoms with Crippen molar-refractivity contribution < 1.29 is 13.9 Å². The van der Waals surface area contributed by atoms with E-state index in [1.807, 2.05) is 0 Å². The molecule has 1 amide bonds. The number of carbonyl (C=O) groups is 1. The van der Waals surface area contributed by atoms with Gasteiger partial charge in [-0.15, -0.1) is 0 Å². The Kier molecular flexibility index (Phi) is 5.78. The zero-order valence-electron chi connectivity index (χ0n) is 13.8. The molecule has 0 saturated carbocycles. The highest BCUT2D eigenvalue weighted by molar-refractivity contribution is 9.11. The quantitative estimate of drug-likeness (QED) is 0.779. The molecular weight excluding hydrogens is 417 g/mol. The van der Waals surface area contributed by atoms with Crippen LogP contribution in [0.1, 0.15) is 20.8 Å². The van der Waals surface area contributed by atoms with E-state index in [4.69, 9.17) is 10.5 Å². The Morgan fingerprint density at radius 1 is 1.48 bits per heavy atom. The van der Waals surface area contributed by atoms with Gasteiger partial charge in [0.15, 0.2) is 5.13 Å². The van der Waals surface area contributed by atoms with E-state index < -0.39 is 23.0 Å². The minimum absolute atomic E-state index is 0.110. The molecule has 2 heterocycles. The first-order valence-electron chi connectivity index (χ1n) is 7.16. The van der Waals surface area contributed by atoms with Gasteiger partial charge in [0, 0.05) is 11.0 Å².